The van der Waals surface area contributed by atoms with Crippen molar-refractivity contribution in [3.8, 4) is 5.88 Å². The molecule has 1 unspecified atom stereocenters. The normalized spacial score (nSPS) is 20.3. The van der Waals surface area contributed by atoms with Crippen molar-refractivity contribution in [2.75, 3.05) is 31.6 Å². The number of nitrogens with zero attached hydrogens (tertiary/aromatic N) is 3. The molecule has 1 atom stereocenters. The number of piperidine rings is 1. The number of anilines is 1. The van der Waals surface area contributed by atoms with Crippen LogP contribution in [0.4, 0.5) is 5.82 Å². The van der Waals surface area contributed by atoms with Crippen LogP contribution >= 0.6 is 0 Å². The number of likely N-dealkylation sites (tertiary alicyclic amines) is 1. The van der Waals surface area contributed by atoms with Crippen molar-refractivity contribution >= 4 is 5.82 Å². The van der Waals surface area contributed by atoms with Crippen molar-refractivity contribution in [3.63, 3.8) is 0 Å². The molecule has 0 aliphatic carbocycles. The summed E-state index contributed by atoms with van der Waals surface area (Å²) in [5, 5.41) is 3.54. The van der Waals surface area contributed by atoms with Crippen molar-refractivity contribution in [2.24, 2.45) is 0 Å². The number of rotatable bonds is 5. The van der Waals surface area contributed by atoms with E-state index in [0.29, 0.717) is 18.5 Å². The average molecular weight is 264 g/mol. The Kier molecular flexibility index (Phi) is 4.96. The van der Waals surface area contributed by atoms with Crippen LogP contribution in [0.15, 0.2) is 6.33 Å². The van der Waals surface area contributed by atoms with E-state index in [1.807, 2.05) is 13.8 Å². The zero-order chi connectivity index (χ0) is 13.7. The highest BCUT2D eigenvalue weighted by Gasteiger charge is 2.20. The molecule has 1 saturated heterocycles. The van der Waals surface area contributed by atoms with E-state index >= 15 is 0 Å². The van der Waals surface area contributed by atoms with Crippen molar-refractivity contribution in [1.29, 1.82) is 0 Å². The van der Waals surface area contributed by atoms with Crippen LogP contribution in [0.5, 0.6) is 5.88 Å². The molecule has 2 rings (SSSR count). The van der Waals surface area contributed by atoms with Gasteiger partial charge in [-0.2, -0.15) is 0 Å². The van der Waals surface area contributed by atoms with Gasteiger partial charge in [-0.15, -0.1) is 0 Å². The molecule has 0 saturated carbocycles. The molecule has 1 fully saturated rings. The molecule has 1 aliphatic rings. The van der Waals surface area contributed by atoms with Crippen LogP contribution < -0.4 is 10.1 Å². The van der Waals surface area contributed by atoms with Gasteiger partial charge >= 0.3 is 0 Å². The van der Waals surface area contributed by atoms with E-state index in [2.05, 4.69) is 27.1 Å². The molecule has 5 heteroatoms. The van der Waals surface area contributed by atoms with Gasteiger partial charge in [0.1, 0.15) is 12.1 Å². The molecule has 106 valence electrons. The zero-order valence-corrected chi connectivity index (χ0v) is 12.1. The third-order valence-corrected chi connectivity index (χ3v) is 3.61. The minimum atomic E-state index is 0.469. The molecule has 1 aliphatic heterocycles. The second-order valence-electron chi connectivity index (χ2n) is 4.96. The fourth-order valence-electron chi connectivity index (χ4n) is 2.52. The first kappa shape index (κ1) is 14.1. The van der Waals surface area contributed by atoms with Crippen molar-refractivity contribution in [3.05, 3.63) is 11.9 Å². The second-order valence-corrected chi connectivity index (χ2v) is 4.96. The van der Waals surface area contributed by atoms with Gasteiger partial charge in [0.2, 0.25) is 5.88 Å². The first-order valence-corrected chi connectivity index (χ1v) is 7.17. The van der Waals surface area contributed by atoms with Gasteiger partial charge in [0.05, 0.1) is 12.2 Å². The van der Waals surface area contributed by atoms with Gasteiger partial charge in [-0.1, -0.05) is 6.92 Å². The molecule has 0 amide bonds. The Morgan fingerprint density at radius 3 is 3.00 bits per heavy atom. The van der Waals surface area contributed by atoms with Crippen LogP contribution in [-0.2, 0) is 0 Å². The van der Waals surface area contributed by atoms with Crippen LogP contribution in [0.1, 0.15) is 32.3 Å². The maximum Gasteiger partial charge on any atom is 0.221 e. The van der Waals surface area contributed by atoms with Gasteiger partial charge < -0.3 is 15.0 Å². The van der Waals surface area contributed by atoms with Gasteiger partial charge in [-0.25, -0.2) is 9.97 Å². The molecule has 0 aromatic carbocycles. The predicted octanol–water partition coefficient (Wildman–Crippen LogP) is 2.08. The van der Waals surface area contributed by atoms with Crippen LogP contribution in [0.2, 0.25) is 0 Å². The molecule has 5 nitrogen and oxygen atoms in total. The smallest absolute Gasteiger partial charge is 0.221 e. The summed E-state index contributed by atoms with van der Waals surface area (Å²) in [4.78, 5) is 11.0. The lowest BCUT2D eigenvalue weighted by Gasteiger charge is -2.32. The molecule has 0 radical (unpaired) electrons. The van der Waals surface area contributed by atoms with Crippen LogP contribution in [-0.4, -0.2) is 47.2 Å². The largest absolute Gasteiger partial charge is 0.478 e. The summed E-state index contributed by atoms with van der Waals surface area (Å²) < 4.78 is 5.51. The molecule has 0 bridgehead atoms. The third kappa shape index (κ3) is 3.56. The lowest BCUT2D eigenvalue weighted by molar-refractivity contribution is 0.226. The highest BCUT2D eigenvalue weighted by atomic mass is 16.5. The predicted molar refractivity (Wildman–Crippen MR) is 76.7 cm³/mol. The summed E-state index contributed by atoms with van der Waals surface area (Å²) in [6.45, 7) is 10.2. The van der Waals surface area contributed by atoms with Gasteiger partial charge in [0.15, 0.2) is 0 Å². The van der Waals surface area contributed by atoms with Crippen molar-refractivity contribution in [1.82, 2.24) is 14.9 Å². The molecular formula is C14H24N4O. The quantitative estimate of drug-likeness (QED) is 0.882. The molecule has 1 aromatic heterocycles. The van der Waals surface area contributed by atoms with E-state index in [4.69, 9.17) is 4.74 Å². The zero-order valence-electron chi connectivity index (χ0n) is 12.1. The summed E-state index contributed by atoms with van der Waals surface area (Å²) in [6, 6.07) is 0.469. The Hall–Kier alpha value is -1.36. The van der Waals surface area contributed by atoms with E-state index < -0.39 is 0 Å². The van der Waals surface area contributed by atoms with E-state index in [0.717, 1.165) is 24.5 Å². The lowest BCUT2D eigenvalue weighted by atomic mass is 10.1. The lowest BCUT2D eigenvalue weighted by Crippen LogP contribution is -2.42. The summed E-state index contributed by atoms with van der Waals surface area (Å²) >= 11 is 0. The van der Waals surface area contributed by atoms with E-state index in [9.17, 15) is 0 Å². The van der Waals surface area contributed by atoms with Gasteiger partial charge in [0, 0.05) is 12.6 Å². The molecule has 1 N–H and O–H groups in total. The van der Waals surface area contributed by atoms with Gasteiger partial charge in [0.25, 0.3) is 0 Å². The second kappa shape index (κ2) is 6.70. The summed E-state index contributed by atoms with van der Waals surface area (Å²) in [5.74, 6) is 1.59. The van der Waals surface area contributed by atoms with E-state index in [-0.39, 0.29) is 0 Å². The number of hydrogen-bond donors (Lipinski definition) is 1. The Morgan fingerprint density at radius 1 is 1.42 bits per heavy atom. The Morgan fingerprint density at radius 2 is 2.26 bits per heavy atom. The summed E-state index contributed by atoms with van der Waals surface area (Å²) in [7, 11) is 0. The molecular weight excluding hydrogens is 240 g/mol. The number of likely N-dealkylation sites (N-methyl/N-ethyl adjacent to an activating group) is 1. The number of ether oxygens (including phenoxy) is 1. The monoisotopic (exact) mass is 264 g/mol. The number of hydrogen-bond acceptors (Lipinski definition) is 5. The summed E-state index contributed by atoms with van der Waals surface area (Å²) in [6.07, 6.45) is 4.01. The first-order valence-electron chi connectivity index (χ1n) is 7.17. The molecule has 1 aromatic rings. The minimum absolute atomic E-state index is 0.469. The SMILES string of the molecule is CCOc1ncnc(NC2CCCN(CC)C2)c1C. The fraction of sp³-hybridized carbons (Fsp3) is 0.714. The third-order valence-electron chi connectivity index (χ3n) is 3.61. The van der Waals surface area contributed by atoms with E-state index in [1.165, 1.54) is 19.4 Å². The average Bonchev–Trinajstić information content (AvgIpc) is 2.44. The van der Waals surface area contributed by atoms with Crippen molar-refractivity contribution in [2.45, 2.75) is 39.7 Å². The van der Waals surface area contributed by atoms with Crippen LogP contribution in [0.3, 0.4) is 0 Å². The Bertz CT molecular complexity index is 410. The maximum absolute atomic E-state index is 5.51. The van der Waals surface area contributed by atoms with Crippen LogP contribution in [0.25, 0.3) is 0 Å². The first-order chi connectivity index (χ1) is 9.24. The fourth-order valence-corrected chi connectivity index (χ4v) is 2.52. The summed E-state index contributed by atoms with van der Waals surface area (Å²) in [5.41, 5.74) is 0.998. The Labute approximate surface area is 115 Å². The van der Waals surface area contributed by atoms with Gasteiger partial charge in [-0.3, -0.25) is 0 Å². The highest BCUT2D eigenvalue weighted by Crippen LogP contribution is 2.22. The minimum Gasteiger partial charge on any atom is -0.478 e. The van der Waals surface area contributed by atoms with Crippen molar-refractivity contribution < 1.29 is 4.74 Å². The standard InChI is InChI=1S/C14H24N4O/c1-4-18-8-6-7-12(9-18)17-13-11(3)14(19-5-2)16-10-15-13/h10,12H,4-9H2,1-3H3,(H,15,16,17). The maximum atomic E-state index is 5.51. The van der Waals surface area contributed by atoms with Gasteiger partial charge in [-0.05, 0) is 39.8 Å². The Balaban J connectivity index is 2.04. The van der Waals surface area contributed by atoms with Crippen LogP contribution in [0, 0.1) is 6.92 Å². The molecule has 2 heterocycles. The molecule has 0 spiro atoms. The highest BCUT2D eigenvalue weighted by molar-refractivity contribution is 5.48. The molecule has 19 heavy (non-hydrogen) atoms. The topological polar surface area (TPSA) is 50.3 Å². The number of nitrogens with one attached hydrogen (secondary N) is 1. The van der Waals surface area contributed by atoms with E-state index in [1.54, 1.807) is 6.33 Å². The number of aromatic nitrogens is 2.